The van der Waals surface area contributed by atoms with Crippen molar-refractivity contribution in [2.45, 2.75) is 105 Å². The van der Waals surface area contributed by atoms with Gasteiger partial charge < -0.3 is 15.2 Å². The first-order chi connectivity index (χ1) is 21.8. The van der Waals surface area contributed by atoms with Crippen LogP contribution in [0.3, 0.4) is 0 Å². The van der Waals surface area contributed by atoms with E-state index in [1.807, 2.05) is 55.9 Å². The van der Waals surface area contributed by atoms with Crippen molar-refractivity contribution in [1.82, 2.24) is 15.1 Å². The minimum atomic E-state index is -0.622. The van der Waals surface area contributed by atoms with E-state index in [0.29, 0.717) is 12.5 Å². The molecule has 7 nitrogen and oxygen atoms in total. The number of benzene rings is 1. The Morgan fingerprint density at radius 2 is 1.84 bits per heavy atom. The summed E-state index contributed by atoms with van der Waals surface area (Å²) in [6, 6.07) is 9.75. The highest BCUT2D eigenvalue weighted by molar-refractivity contribution is 6.06. The monoisotopic (exact) mass is 611 g/mol. The molecule has 2 heterocycles. The van der Waals surface area contributed by atoms with Crippen molar-refractivity contribution in [3.63, 3.8) is 0 Å². The topological polar surface area (TPSA) is 91.9 Å². The number of hydrogen-bond donors (Lipinski definition) is 2. The van der Waals surface area contributed by atoms with Crippen molar-refractivity contribution < 1.29 is 9.90 Å². The van der Waals surface area contributed by atoms with Gasteiger partial charge in [-0.1, -0.05) is 64.1 Å². The van der Waals surface area contributed by atoms with Gasteiger partial charge in [-0.05, 0) is 87.8 Å². The van der Waals surface area contributed by atoms with Crippen molar-refractivity contribution in [2.75, 3.05) is 7.05 Å². The summed E-state index contributed by atoms with van der Waals surface area (Å²) in [5.74, 6) is 1.11. The molecule has 2 unspecified atom stereocenters. The number of carbonyl (C=O) groups is 1. The van der Waals surface area contributed by atoms with E-state index in [1.165, 1.54) is 17.0 Å². The molecule has 45 heavy (non-hydrogen) atoms. The lowest BCUT2D eigenvalue weighted by Crippen LogP contribution is -2.28. The number of aliphatic imine (C=N–C) groups is 2. The summed E-state index contributed by atoms with van der Waals surface area (Å²) >= 11 is 0. The third kappa shape index (κ3) is 8.18. The molecule has 0 bridgehead atoms. The second kappa shape index (κ2) is 16.1. The molecule has 0 amide bonds. The minimum absolute atomic E-state index is 0.0920. The van der Waals surface area contributed by atoms with Gasteiger partial charge in [-0.2, -0.15) is 5.10 Å². The second-order valence-corrected chi connectivity index (χ2v) is 12.7. The number of nitrogens with one attached hydrogen (secondary N) is 1. The van der Waals surface area contributed by atoms with Gasteiger partial charge in [0.1, 0.15) is 6.29 Å². The zero-order valence-electron chi connectivity index (χ0n) is 28.4. The molecule has 0 spiro atoms. The Hall–Kier alpha value is -3.58. The number of aromatic nitrogens is 2. The Bertz CT molecular complexity index is 1450. The maximum atomic E-state index is 11.2. The first-order valence-corrected chi connectivity index (χ1v) is 16.9. The third-order valence-corrected chi connectivity index (χ3v) is 9.37. The number of aldehydes is 1. The highest BCUT2D eigenvalue weighted by Crippen LogP contribution is 2.36. The molecule has 1 aromatic heterocycles. The summed E-state index contributed by atoms with van der Waals surface area (Å²) in [4.78, 5) is 21.2. The van der Waals surface area contributed by atoms with Crippen molar-refractivity contribution in [2.24, 2.45) is 27.7 Å². The molecule has 1 fully saturated rings. The number of rotatable bonds is 10. The average Bonchev–Trinajstić information content (AvgIpc) is 3.48. The first kappa shape index (κ1) is 34.3. The minimum Gasteiger partial charge on any atom is -0.386 e. The fraction of sp³-hybridized carbons (Fsp3) is 0.526. The lowest BCUT2D eigenvalue weighted by Gasteiger charge is -2.30. The Balaban J connectivity index is 0.00000226. The molecule has 2 atom stereocenters. The van der Waals surface area contributed by atoms with E-state index < -0.39 is 6.10 Å². The van der Waals surface area contributed by atoms with Crippen molar-refractivity contribution in [3.05, 3.63) is 82.1 Å². The Morgan fingerprint density at radius 3 is 2.47 bits per heavy atom. The summed E-state index contributed by atoms with van der Waals surface area (Å²) in [5.41, 5.74) is 9.98. The van der Waals surface area contributed by atoms with Gasteiger partial charge >= 0.3 is 0 Å². The van der Waals surface area contributed by atoms with Crippen molar-refractivity contribution in [1.29, 1.82) is 0 Å². The molecule has 2 N–H and O–H groups in total. The number of aliphatic hydroxyl groups excluding tert-OH is 1. The van der Waals surface area contributed by atoms with Crippen LogP contribution in [0.2, 0.25) is 0 Å². The van der Waals surface area contributed by atoms with Gasteiger partial charge in [-0.3, -0.25) is 14.7 Å². The predicted octanol–water partition coefficient (Wildman–Crippen LogP) is 8.21. The van der Waals surface area contributed by atoms with Gasteiger partial charge in [-0.25, -0.2) is 0 Å². The van der Waals surface area contributed by atoms with Crippen LogP contribution < -0.4 is 5.32 Å². The second-order valence-electron chi connectivity index (χ2n) is 12.7. The first-order valence-electron chi connectivity index (χ1n) is 16.9. The Labute approximate surface area is 270 Å². The number of nitrogens with zero attached hydrogens (tertiary/aromatic N) is 4. The molecule has 2 aromatic rings. The number of aliphatic hydroxyl groups is 1. The SMILES string of the molecule is CC.CN=C(/C(=C(/C)NC1=C(C)N=C(C2CCC(C=O)CC2)CC1)C(C)C)C1CC=Cc2nn(CC(O)c3ccccc3)cc21. The molecular formula is C38H53N5O2. The molecule has 1 aromatic carbocycles. The van der Waals surface area contributed by atoms with E-state index in [-0.39, 0.29) is 17.8 Å². The Morgan fingerprint density at radius 1 is 1.13 bits per heavy atom. The molecule has 7 heteroatoms. The summed E-state index contributed by atoms with van der Waals surface area (Å²) < 4.78 is 1.87. The average molecular weight is 612 g/mol. The number of allylic oxidation sites excluding steroid dienone is 5. The van der Waals surface area contributed by atoms with E-state index in [2.05, 4.69) is 51.4 Å². The van der Waals surface area contributed by atoms with Crippen LogP contribution in [0, 0.1) is 17.8 Å². The molecule has 5 rings (SSSR count). The fourth-order valence-electron chi connectivity index (χ4n) is 7.09. The van der Waals surface area contributed by atoms with Crippen LogP contribution in [0.15, 0.2) is 75.3 Å². The number of carbonyl (C=O) groups excluding carboxylic acids is 1. The van der Waals surface area contributed by atoms with E-state index in [9.17, 15) is 9.90 Å². The maximum absolute atomic E-state index is 11.2. The summed E-state index contributed by atoms with van der Waals surface area (Å²) in [6.45, 7) is 13.2. The smallest absolute Gasteiger partial charge is 0.123 e. The predicted molar refractivity (Wildman–Crippen MR) is 186 cm³/mol. The number of fused-ring (bicyclic) bond motifs is 1. The van der Waals surface area contributed by atoms with Crippen LogP contribution in [0.25, 0.3) is 6.08 Å². The van der Waals surface area contributed by atoms with Crippen LogP contribution in [-0.2, 0) is 11.3 Å². The standard InChI is InChI=1S/C36H47N5O2.C2H6/c1-23(2)35(25(4)39-31-18-19-32(38-24(31)3)27-16-14-26(22-42)15-17-27)36(37-5)29-12-9-13-33-30(29)20-41(40-33)21-34(43)28-10-7-6-8-11-28;1-2/h6-11,13,20,22-23,26-27,29,34,39,43H,12,14-19,21H2,1-5H3;1-2H3/b35-25-,37-36?;. The highest BCUT2D eigenvalue weighted by atomic mass is 16.3. The van der Waals surface area contributed by atoms with E-state index in [4.69, 9.17) is 15.1 Å². The molecule has 1 aliphatic heterocycles. The molecule has 242 valence electrons. The highest BCUT2D eigenvalue weighted by Gasteiger charge is 2.30. The van der Waals surface area contributed by atoms with Crippen LogP contribution in [0.5, 0.6) is 0 Å². The van der Waals surface area contributed by atoms with Crippen LogP contribution >= 0.6 is 0 Å². The van der Waals surface area contributed by atoms with Crippen molar-refractivity contribution >= 4 is 23.8 Å². The normalized spacial score (nSPS) is 23.0. The molecule has 3 aliphatic rings. The van der Waals surface area contributed by atoms with Crippen LogP contribution in [0.1, 0.15) is 115 Å². The van der Waals surface area contributed by atoms with Gasteiger partial charge in [0.05, 0.1) is 24.0 Å². The van der Waals surface area contributed by atoms with Gasteiger partial charge in [0, 0.05) is 53.5 Å². The van der Waals surface area contributed by atoms with Gasteiger partial charge in [0.25, 0.3) is 0 Å². The molecule has 1 saturated carbocycles. The summed E-state index contributed by atoms with van der Waals surface area (Å²) in [6.07, 6.45) is 13.8. The largest absolute Gasteiger partial charge is 0.386 e. The fourth-order valence-corrected chi connectivity index (χ4v) is 7.09. The Kier molecular flexibility index (Phi) is 12.3. The van der Waals surface area contributed by atoms with E-state index in [1.54, 1.807) is 0 Å². The van der Waals surface area contributed by atoms with Gasteiger partial charge in [0.15, 0.2) is 0 Å². The number of hydrogen-bond acceptors (Lipinski definition) is 6. The van der Waals surface area contributed by atoms with Gasteiger partial charge in [-0.15, -0.1) is 0 Å². The maximum Gasteiger partial charge on any atom is 0.123 e. The lowest BCUT2D eigenvalue weighted by atomic mass is 9.78. The summed E-state index contributed by atoms with van der Waals surface area (Å²) in [5, 5.41) is 19.4. The summed E-state index contributed by atoms with van der Waals surface area (Å²) in [7, 11) is 1.90. The lowest BCUT2D eigenvalue weighted by molar-refractivity contribution is -0.112. The van der Waals surface area contributed by atoms with Crippen molar-refractivity contribution in [3.8, 4) is 0 Å². The molecular weight excluding hydrogens is 558 g/mol. The molecule has 0 saturated heterocycles. The zero-order valence-corrected chi connectivity index (χ0v) is 28.4. The quantitative estimate of drug-likeness (QED) is 0.209. The molecule has 0 radical (unpaired) electrons. The third-order valence-electron chi connectivity index (χ3n) is 9.37. The van der Waals surface area contributed by atoms with E-state index in [0.717, 1.165) is 85.2 Å². The van der Waals surface area contributed by atoms with Gasteiger partial charge in [0.2, 0.25) is 0 Å². The van der Waals surface area contributed by atoms with Crippen LogP contribution in [0.4, 0.5) is 0 Å². The van der Waals surface area contributed by atoms with Crippen LogP contribution in [-0.4, -0.2) is 39.6 Å². The van der Waals surface area contributed by atoms with E-state index >= 15 is 0 Å². The zero-order chi connectivity index (χ0) is 32.5. The molecule has 2 aliphatic carbocycles.